The third-order valence-corrected chi connectivity index (χ3v) is 3.12. The fourth-order valence-corrected chi connectivity index (χ4v) is 1.92. The van der Waals surface area contributed by atoms with Gasteiger partial charge in [-0.05, 0) is 12.8 Å². The third-order valence-electron chi connectivity index (χ3n) is 2.82. The zero-order chi connectivity index (χ0) is 14.9. The summed E-state index contributed by atoms with van der Waals surface area (Å²) in [5.74, 6) is -1.81. The molecule has 1 aromatic rings. The van der Waals surface area contributed by atoms with Gasteiger partial charge >= 0.3 is 5.97 Å². The molecule has 1 amide bonds. The van der Waals surface area contributed by atoms with Gasteiger partial charge in [-0.1, -0.05) is 11.6 Å². The first-order valence-corrected chi connectivity index (χ1v) is 6.10. The smallest absolute Gasteiger partial charge is 0.323 e. The van der Waals surface area contributed by atoms with E-state index in [0.717, 1.165) is 17.2 Å². The molecule has 0 saturated heterocycles. The number of halogens is 1. The molecule has 8 nitrogen and oxygen atoms in total. The SMILES string of the molecule is O=C(O)CN(C(=O)c1cc([N+](=O)[O-])cnc1Cl)C1CC1. The molecule has 1 heterocycles. The summed E-state index contributed by atoms with van der Waals surface area (Å²) >= 11 is 5.77. The molecular formula is C11H10ClN3O5. The number of rotatable bonds is 5. The predicted octanol–water partition coefficient (Wildman–Crippen LogP) is 1.33. The first kappa shape index (κ1) is 14.2. The van der Waals surface area contributed by atoms with E-state index in [9.17, 15) is 19.7 Å². The van der Waals surface area contributed by atoms with E-state index in [1.807, 2.05) is 0 Å². The molecule has 1 aromatic heterocycles. The summed E-state index contributed by atoms with van der Waals surface area (Å²) in [7, 11) is 0. The van der Waals surface area contributed by atoms with E-state index in [1.165, 1.54) is 0 Å². The molecule has 1 saturated carbocycles. The molecule has 0 aromatic carbocycles. The molecule has 1 fully saturated rings. The molecule has 1 N–H and O–H groups in total. The predicted molar refractivity (Wildman–Crippen MR) is 67.6 cm³/mol. The molecule has 1 aliphatic rings. The van der Waals surface area contributed by atoms with Crippen molar-refractivity contribution < 1.29 is 19.6 Å². The fraction of sp³-hybridized carbons (Fsp3) is 0.364. The van der Waals surface area contributed by atoms with E-state index in [1.54, 1.807) is 0 Å². The average molecular weight is 300 g/mol. The second kappa shape index (κ2) is 5.41. The van der Waals surface area contributed by atoms with Crippen molar-refractivity contribution in [3.8, 4) is 0 Å². The van der Waals surface area contributed by atoms with Gasteiger partial charge in [0.25, 0.3) is 11.6 Å². The van der Waals surface area contributed by atoms with Crippen LogP contribution in [-0.2, 0) is 4.79 Å². The summed E-state index contributed by atoms with van der Waals surface area (Å²) in [6.45, 7) is -0.470. The summed E-state index contributed by atoms with van der Waals surface area (Å²) in [6, 6.07) is 0.850. The lowest BCUT2D eigenvalue weighted by molar-refractivity contribution is -0.385. The number of aromatic nitrogens is 1. The van der Waals surface area contributed by atoms with Gasteiger partial charge in [-0.2, -0.15) is 0 Å². The van der Waals surface area contributed by atoms with Crippen LogP contribution in [0, 0.1) is 10.1 Å². The van der Waals surface area contributed by atoms with E-state index in [-0.39, 0.29) is 22.4 Å². The summed E-state index contributed by atoms with van der Waals surface area (Å²) in [6.07, 6.45) is 2.36. The van der Waals surface area contributed by atoms with Gasteiger partial charge < -0.3 is 10.0 Å². The fourth-order valence-electron chi connectivity index (χ4n) is 1.74. The zero-order valence-corrected chi connectivity index (χ0v) is 10.9. The van der Waals surface area contributed by atoms with Crippen LogP contribution in [0.15, 0.2) is 12.3 Å². The van der Waals surface area contributed by atoms with Crippen molar-refractivity contribution in [2.75, 3.05) is 6.54 Å². The van der Waals surface area contributed by atoms with Crippen LogP contribution in [0.25, 0.3) is 0 Å². The molecule has 0 spiro atoms. The monoisotopic (exact) mass is 299 g/mol. The van der Waals surface area contributed by atoms with Crippen LogP contribution in [-0.4, -0.2) is 44.4 Å². The molecule has 0 radical (unpaired) electrons. The molecular weight excluding hydrogens is 290 g/mol. The Morgan fingerprint density at radius 3 is 2.70 bits per heavy atom. The maximum atomic E-state index is 12.3. The van der Waals surface area contributed by atoms with Crippen molar-refractivity contribution in [2.45, 2.75) is 18.9 Å². The number of nitrogens with zero attached hydrogens (tertiary/aromatic N) is 3. The number of hydrogen-bond donors (Lipinski definition) is 1. The number of carbonyl (C=O) groups excluding carboxylic acids is 1. The van der Waals surface area contributed by atoms with Crippen molar-refractivity contribution in [3.63, 3.8) is 0 Å². The van der Waals surface area contributed by atoms with E-state index >= 15 is 0 Å². The summed E-state index contributed by atoms with van der Waals surface area (Å²) in [5, 5.41) is 19.3. The minimum atomic E-state index is -1.15. The minimum absolute atomic E-state index is 0.158. The quantitative estimate of drug-likeness (QED) is 0.498. The van der Waals surface area contributed by atoms with Crippen LogP contribution in [0.1, 0.15) is 23.2 Å². The number of carboxylic acid groups (broad SMARTS) is 1. The Morgan fingerprint density at radius 2 is 2.20 bits per heavy atom. The van der Waals surface area contributed by atoms with Gasteiger partial charge in [0, 0.05) is 12.1 Å². The Bertz CT molecular complexity index is 587. The van der Waals surface area contributed by atoms with Crippen LogP contribution >= 0.6 is 11.6 Å². The lowest BCUT2D eigenvalue weighted by atomic mass is 10.2. The van der Waals surface area contributed by atoms with E-state index in [4.69, 9.17) is 16.7 Å². The van der Waals surface area contributed by atoms with Gasteiger partial charge in [0.15, 0.2) is 0 Å². The van der Waals surface area contributed by atoms with Crippen LogP contribution in [0.2, 0.25) is 5.15 Å². The number of nitro groups is 1. The van der Waals surface area contributed by atoms with Crippen LogP contribution in [0.3, 0.4) is 0 Å². The van der Waals surface area contributed by atoms with Crippen LogP contribution in [0.4, 0.5) is 5.69 Å². The molecule has 20 heavy (non-hydrogen) atoms. The maximum Gasteiger partial charge on any atom is 0.323 e. The molecule has 1 aliphatic carbocycles. The lowest BCUT2D eigenvalue weighted by Crippen LogP contribution is -2.37. The number of aliphatic carboxylic acids is 1. The highest BCUT2D eigenvalue weighted by atomic mass is 35.5. The summed E-state index contributed by atoms with van der Waals surface area (Å²) in [4.78, 5) is 37.8. The number of hydrogen-bond acceptors (Lipinski definition) is 5. The molecule has 0 bridgehead atoms. The molecule has 0 atom stereocenters. The molecule has 106 valence electrons. The number of carboxylic acids is 1. The first-order valence-electron chi connectivity index (χ1n) is 5.73. The Morgan fingerprint density at radius 1 is 1.55 bits per heavy atom. The normalized spacial score (nSPS) is 13.8. The highest BCUT2D eigenvalue weighted by molar-refractivity contribution is 6.32. The zero-order valence-electron chi connectivity index (χ0n) is 10.2. The van der Waals surface area contributed by atoms with Crippen molar-refractivity contribution in [1.82, 2.24) is 9.88 Å². The minimum Gasteiger partial charge on any atom is -0.480 e. The first-order chi connectivity index (χ1) is 9.40. The van der Waals surface area contributed by atoms with Gasteiger partial charge in [0.1, 0.15) is 17.9 Å². The lowest BCUT2D eigenvalue weighted by Gasteiger charge is -2.20. The second-order valence-electron chi connectivity index (χ2n) is 4.35. The summed E-state index contributed by atoms with van der Waals surface area (Å²) < 4.78 is 0. The second-order valence-corrected chi connectivity index (χ2v) is 4.70. The van der Waals surface area contributed by atoms with Crippen molar-refractivity contribution in [2.24, 2.45) is 0 Å². The highest BCUT2D eigenvalue weighted by Gasteiger charge is 2.35. The highest BCUT2D eigenvalue weighted by Crippen LogP contribution is 2.30. The molecule has 9 heteroatoms. The molecule has 0 aliphatic heterocycles. The molecule has 0 unspecified atom stereocenters. The van der Waals surface area contributed by atoms with E-state index in [2.05, 4.69) is 4.98 Å². The maximum absolute atomic E-state index is 12.3. The van der Waals surface area contributed by atoms with Crippen molar-refractivity contribution in [3.05, 3.63) is 33.1 Å². The Balaban J connectivity index is 2.33. The third kappa shape index (κ3) is 3.02. The summed E-state index contributed by atoms with van der Waals surface area (Å²) in [5.41, 5.74) is -0.530. The van der Waals surface area contributed by atoms with Gasteiger partial charge in [0.05, 0.1) is 10.5 Å². The average Bonchev–Trinajstić information content (AvgIpc) is 3.19. The number of amides is 1. The Hall–Kier alpha value is -2.22. The Kier molecular flexibility index (Phi) is 3.84. The van der Waals surface area contributed by atoms with Gasteiger partial charge in [-0.25, -0.2) is 4.98 Å². The van der Waals surface area contributed by atoms with Crippen LogP contribution < -0.4 is 0 Å². The largest absolute Gasteiger partial charge is 0.480 e. The number of pyridine rings is 1. The topological polar surface area (TPSA) is 114 Å². The van der Waals surface area contributed by atoms with Gasteiger partial charge in [0.2, 0.25) is 0 Å². The van der Waals surface area contributed by atoms with Gasteiger partial charge in [-0.3, -0.25) is 19.7 Å². The molecule has 2 rings (SSSR count). The Labute approximate surface area is 118 Å². The van der Waals surface area contributed by atoms with E-state index in [0.29, 0.717) is 12.8 Å². The number of carbonyl (C=O) groups is 2. The van der Waals surface area contributed by atoms with Crippen molar-refractivity contribution >= 4 is 29.2 Å². The van der Waals surface area contributed by atoms with Crippen LogP contribution in [0.5, 0.6) is 0 Å². The van der Waals surface area contributed by atoms with Crippen molar-refractivity contribution in [1.29, 1.82) is 0 Å². The van der Waals surface area contributed by atoms with E-state index < -0.39 is 23.3 Å². The van der Waals surface area contributed by atoms with Gasteiger partial charge in [-0.15, -0.1) is 0 Å². The standard InChI is InChI=1S/C11H10ClN3O5/c12-10-8(3-7(4-13-10)15(19)20)11(18)14(5-9(16)17)6-1-2-6/h3-4,6H,1-2,5H2,(H,16,17).